The van der Waals surface area contributed by atoms with Crippen LogP contribution in [0.4, 0.5) is 11.4 Å². The molecule has 0 saturated heterocycles. The number of rotatable bonds is 18. The molecule has 0 aliphatic heterocycles. The molecule has 0 fully saturated rings. The first-order valence-corrected chi connectivity index (χ1v) is 21.9. The van der Waals surface area contributed by atoms with E-state index in [0.717, 1.165) is 35.6 Å². The number of aliphatic hydroxyl groups is 2. The molecule has 0 spiro atoms. The van der Waals surface area contributed by atoms with Gasteiger partial charge in [-0.05, 0) is 97.8 Å². The number of aromatic nitrogens is 2. The number of aliphatic hydroxyl groups excluding tert-OH is 2. The summed E-state index contributed by atoms with van der Waals surface area (Å²) in [6.45, 7) is 6.45. The number of aryl methyl sites for hydroxylation is 2. The third-order valence-corrected chi connectivity index (χ3v) is 11.5. The Morgan fingerprint density at radius 2 is 0.844 bits per heavy atom. The van der Waals surface area contributed by atoms with Crippen LogP contribution in [-0.4, -0.2) is 70.3 Å². The second-order valence-corrected chi connectivity index (χ2v) is 15.8. The monoisotopic (exact) mass is 848 g/mol. The quantitative estimate of drug-likeness (QED) is 0.0659. The summed E-state index contributed by atoms with van der Waals surface area (Å²) in [4.78, 5) is 0. The lowest BCUT2D eigenvalue weighted by molar-refractivity contribution is 0.0977. The Labute approximate surface area is 373 Å². The summed E-state index contributed by atoms with van der Waals surface area (Å²) < 4.78 is 17.0. The van der Waals surface area contributed by atoms with E-state index in [1.165, 1.54) is 43.6 Å². The summed E-state index contributed by atoms with van der Waals surface area (Å²) in [5.74, 6) is 0.918. The normalized spacial score (nSPS) is 12.8. The Kier molecular flexibility index (Phi) is 12.7. The highest BCUT2D eigenvalue weighted by atomic mass is 16.5. The van der Waals surface area contributed by atoms with E-state index in [9.17, 15) is 10.2 Å². The molecule has 10 nitrogen and oxygen atoms in total. The van der Waals surface area contributed by atoms with Gasteiger partial charge in [0.05, 0.1) is 36.9 Å². The molecule has 2 heterocycles. The largest absolute Gasteiger partial charge is 0.487 e. The first-order chi connectivity index (χ1) is 31.5. The van der Waals surface area contributed by atoms with Gasteiger partial charge >= 0.3 is 0 Å². The van der Waals surface area contributed by atoms with Crippen LogP contribution in [0, 0.1) is 0 Å². The maximum atomic E-state index is 11.3. The van der Waals surface area contributed by atoms with Crippen LogP contribution in [0.25, 0.3) is 43.6 Å². The number of hydrazone groups is 2. The number of anilines is 2. The summed E-state index contributed by atoms with van der Waals surface area (Å²) >= 11 is 0. The van der Waals surface area contributed by atoms with Gasteiger partial charge in [0.2, 0.25) is 0 Å². The van der Waals surface area contributed by atoms with Gasteiger partial charge in [-0.2, -0.15) is 10.2 Å². The van der Waals surface area contributed by atoms with E-state index in [1.807, 2.05) is 85.2 Å². The second kappa shape index (κ2) is 19.3. The SMILES string of the molecule is CCn1c2ccccc2c2cc(C=NN(CC(O)COc3ccccc3OCC(O)CN(N=Cc3ccc4c(c3)c3ccccc3n4CC)c3ccccc3)c3ccccc3)ccc21. The summed E-state index contributed by atoms with van der Waals surface area (Å²) in [6, 6.07) is 56.6. The third kappa shape index (κ3) is 9.06. The third-order valence-electron chi connectivity index (χ3n) is 11.5. The molecule has 9 aromatic rings. The fourth-order valence-corrected chi connectivity index (χ4v) is 8.46. The molecule has 7 aromatic carbocycles. The van der Waals surface area contributed by atoms with Gasteiger partial charge < -0.3 is 28.8 Å². The van der Waals surface area contributed by atoms with Crippen LogP contribution in [0.15, 0.2) is 180 Å². The van der Waals surface area contributed by atoms with Gasteiger partial charge in [0, 0.05) is 56.7 Å². The summed E-state index contributed by atoms with van der Waals surface area (Å²) in [5.41, 5.74) is 8.40. The van der Waals surface area contributed by atoms with Crippen molar-refractivity contribution in [2.24, 2.45) is 10.2 Å². The average Bonchev–Trinajstić information content (AvgIpc) is 3.84. The number of fused-ring (bicyclic) bond motifs is 6. The molecular weight excluding hydrogens is 797 g/mol. The molecule has 64 heavy (non-hydrogen) atoms. The molecule has 9 rings (SSSR count). The van der Waals surface area contributed by atoms with Crippen LogP contribution in [0.1, 0.15) is 25.0 Å². The van der Waals surface area contributed by atoms with E-state index >= 15 is 0 Å². The highest BCUT2D eigenvalue weighted by Crippen LogP contribution is 2.32. The van der Waals surface area contributed by atoms with Crippen LogP contribution in [0.5, 0.6) is 11.5 Å². The van der Waals surface area contributed by atoms with Crippen LogP contribution in [0.2, 0.25) is 0 Å². The van der Waals surface area contributed by atoms with Crippen LogP contribution in [-0.2, 0) is 13.1 Å². The maximum Gasteiger partial charge on any atom is 0.161 e. The van der Waals surface area contributed by atoms with Crippen molar-refractivity contribution in [2.45, 2.75) is 39.1 Å². The van der Waals surface area contributed by atoms with Crippen molar-refractivity contribution in [1.29, 1.82) is 0 Å². The van der Waals surface area contributed by atoms with E-state index in [-0.39, 0.29) is 26.3 Å². The fourth-order valence-electron chi connectivity index (χ4n) is 8.46. The van der Waals surface area contributed by atoms with Gasteiger partial charge in [0.15, 0.2) is 11.5 Å². The Morgan fingerprint density at radius 1 is 0.469 bits per heavy atom. The second-order valence-electron chi connectivity index (χ2n) is 15.8. The number of para-hydroxylation sites is 6. The minimum absolute atomic E-state index is 0.00842. The van der Waals surface area contributed by atoms with E-state index in [4.69, 9.17) is 19.7 Å². The van der Waals surface area contributed by atoms with E-state index < -0.39 is 12.2 Å². The lowest BCUT2D eigenvalue weighted by Gasteiger charge is -2.24. The molecular formula is C54H52N6O4. The molecule has 2 aromatic heterocycles. The summed E-state index contributed by atoms with van der Waals surface area (Å²) in [6.07, 6.45) is 1.87. The van der Waals surface area contributed by atoms with Crippen molar-refractivity contribution in [3.05, 3.63) is 181 Å². The molecule has 2 unspecified atom stereocenters. The van der Waals surface area contributed by atoms with E-state index in [0.29, 0.717) is 11.5 Å². The van der Waals surface area contributed by atoms with Crippen LogP contribution >= 0.6 is 0 Å². The van der Waals surface area contributed by atoms with Gasteiger partial charge in [-0.3, -0.25) is 10.0 Å². The minimum atomic E-state index is -0.899. The molecule has 10 heteroatoms. The topological polar surface area (TPSA) is 100.0 Å². The zero-order chi connectivity index (χ0) is 43.8. The highest BCUT2D eigenvalue weighted by molar-refractivity contribution is 6.10. The number of benzene rings is 7. The van der Waals surface area contributed by atoms with Crippen molar-refractivity contribution in [3.8, 4) is 11.5 Å². The van der Waals surface area contributed by atoms with E-state index in [1.54, 1.807) is 22.2 Å². The van der Waals surface area contributed by atoms with Crippen LogP contribution < -0.4 is 19.5 Å². The molecule has 2 N–H and O–H groups in total. The zero-order valence-corrected chi connectivity index (χ0v) is 36.1. The smallest absolute Gasteiger partial charge is 0.161 e. The summed E-state index contributed by atoms with van der Waals surface area (Å²) in [7, 11) is 0. The van der Waals surface area contributed by atoms with Crippen molar-refractivity contribution < 1.29 is 19.7 Å². The number of hydrogen-bond donors (Lipinski definition) is 2. The molecule has 2 atom stereocenters. The predicted molar refractivity (Wildman–Crippen MR) is 262 cm³/mol. The lowest BCUT2D eigenvalue weighted by atomic mass is 10.1. The van der Waals surface area contributed by atoms with E-state index in [2.05, 4.69) is 108 Å². The Morgan fingerprint density at radius 3 is 1.27 bits per heavy atom. The molecule has 0 aliphatic rings. The van der Waals surface area contributed by atoms with Gasteiger partial charge in [0.25, 0.3) is 0 Å². The average molecular weight is 849 g/mol. The lowest BCUT2D eigenvalue weighted by Crippen LogP contribution is -2.33. The van der Waals surface area contributed by atoms with Gasteiger partial charge in [-0.25, -0.2) is 0 Å². The predicted octanol–water partition coefficient (Wildman–Crippen LogP) is 10.5. The molecule has 0 aliphatic carbocycles. The number of ether oxygens (including phenoxy) is 2. The fraction of sp³-hybridized carbons (Fsp3) is 0.185. The highest BCUT2D eigenvalue weighted by Gasteiger charge is 2.18. The Balaban J connectivity index is 0.851. The van der Waals surface area contributed by atoms with Crippen molar-refractivity contribution in [3.63, 3.8) is 0 Å². The van der Waals surface area contributed by atoms with Gasteiger partial charge in [-0.15, -0.1) is 0 Å². The number of nitrogens with zero attached hydrogens (tertiary/aromatic N) is 6. The Hall–Kier alpha value is -7.40. The molecule has 0 amide bonds. The molecule has 0 bridgehead atoms. The first kappa shape index (κ1) is 41.9. The van der Waals surface area contributed by atoms with Crippen molar-refractivity contribution in [2.75, 3.05) is 36.3 Å². The minimum Gasteiger partial charge on any atom is -0.487 e. The van der Waals surface area contributed by atoms with Crippen LogP contribution in [0.3, 0.4) is 0 Å². The molecule has 322 valence electrons. The Bertz CT molecular complexity index is 2850. The summed E-state index contributed by atoms with van der Waals surface area (Å²) in [5, 5.41) is 40.8. The maximum absolute atomic E-state index is 11.3. The zero-order valence-electron chi connectivity index (χ0n) is 36.1. The number of hydrogen-bond acceptors (Lipinski definition) is 8. The van der Waals surface area contributed by atoms with Crippen molar-refractivity contribution >= 4 is 67.4 Å². The molecule has 0 radical (unpaired) electrons. The van der Waals surface area contributed by atoms with Crippen molar-refractivity contribution in [1.82, 2.24) is 9.13 Å². The van der Waals surface area contributed by atoms with Gasteiger partial charge in [0.1, 0.15) is 25.4 Å². The standard InChI is InChI=1S/C54H52N6O4/c1-3-57-49-23-13-11-21-45(49)47-31-39(27-29-51(47)57)33-55-59(41-17-7-5-8-18-41)35-43(61)37-63-53-25-15-16-26-54(53)64-38-44(62)36-60(42-19-9-6-10-20-42)56-34-40-28-30-52-48(32-40)46-22-12-14-24-50(46)58(52)4-2/h5-34,43-44,61-62H,3-4,35-38H2,1-2H3. The van der Waals surface area contributed by atoms with Gasteiger partial charge in [-0.1, -0.05) is 97.1 Å². The molecule has 0 saturated carbocycles. The first-order valence-electron chi connectivity index (χ1n) is 21.9.